The molecule has 0 saturated carbocycles. The first kappa shape index (κ1) is 14.8. The smallest absolute Gasteiger partial charge is 0.309 e. The quantitative estimate of drug-likeness (QED) is 0.612. The second-order valence-corrected chi connectivity index (χ2v) is 4.32. The number of nitrogens with zero attached hydrogens (tertiary/aromatic N) is 3. The normalized spacial score (nSPS) is 10.3. The average molecular weight is 290 g/mol. The van der Waals surface area contributed by atoms with Crippen LogP contribution in [-0.4, -0.2) is 27.3 Å². The van der Waals surface area contributed by atoms with Gasteiger partial charge in [0.05, 0.1) is 13.0 Å². The Labute approximate surface area is 122 Å². The van der Waals surface area contributed by atoms with E-state index in [9.17, 15) is 4.79 Å². The first-order valence-corrected chi connectivity index (χ1v) is 6.69. The average Bonchev–Trinajstić information content (AvgIpc) is 2.95. The van der Waals surface area contributed by atoms with E-state index in [1.54, 1.807) is 28.9 Å². The van der Waals surface area contributed by atoms with E-state index in [4.69, 9.17) is 15.2 Å². The summed E-state index contributed by atoms with van der Waals surface area (Å²) in [6, 6.07) is 6.99. The lowest BCUT2D eigenvalue weighted by atomic mass is 10.3. The molecular formula is C14H18N4O3. The number of hydrogen-bond acceptors (Lipinski definition) is 6. The van der Waals surface area contributed by atoms with Crippen molar-refractivity contribution in [2.75, 3.05) is 12.3 Å². The van der Waals surface area contributed by atoms with Crippen molar-refractivity contribution in [1.29, 1.82) is 0 Å². The van der Waals surface area contributed by atoms with Gasteiger partial charge in [-0.05, 0) is 31.2 Å². The topological polar surface area (TPSA) is 92.3 Å². The number of esters is 1. The standard InChI is InChI=1S/C14H18N4O3/c1-2-18-13(16-10-17-18)9-21-14(19)7-8-20-12-5-3-11(15)4-6-12/h3-6,10H,2,7-9,15H2,1H3. The van der Waals surface area contributed by atoms with Gasteiger partial charge in [0.1, 0.15) is 12.1 Å². The Morgan fingerprint density at radius 3 is 2.81 bits per heavy atom. The fourth-order valence-electron chi connectivity index (χ4n) is 1.70. The fourth-order valence-corrected chi connectivity index (χ4v) is 1.70. The maximum absolute atomic E-state index is 11.6. The minimum absolute atomic E-state index is 0.120. The monoisotopic (exact) mass is 290 g/mol. The van der Waals surface area contributed by atoms with Crippen LogP contribution in [0.25, 0.3) is 0 Å². The van der Waals surface area contributed by atoms with Crippen molar-refractivity contribution in [2.45, 2.75) is 26.5 Å². The third kappa shape index (κ3) is 4.48. The van der Waals surface area contributed by atoms with Crippen molar-refractivity contribution in [1.82, 2.24) is 14.8 Å². The summed E-state index contributed by atoms with van der Waals surface area (Å²) in [6.07, 6.45) is 1.61. The summed E-state index contributed by atoms with van der Waals surface area (Å²) in [5, 5.41) is 4.00. The predicted octanol–water partition coefficient (Wildman–Crippen LogP) is 1.39. The molecule has 0 aliphatic heterocycles. The van der Waals surface area contributed by atoms with Crippen molar-refractivity contribution >= 4 is 11.7 Å². The van der Waals surface area contributed by atoms with Crippen LogP contribution in [0.15, 0.2) is 30.6 Å². The molecule has 0 fully saturated rings. The van der Waals surface area contributed by atoms with Crippen LogP contribution >= 0.6 is 0 Å². The van der Waals surface area contributed by atoms with Crippen LogP contribution in [0, 0.1) is 0 Å². The minimum Gasteiger partial charge on any atom is -0.493 e. The van der Waals surface area contributed by atoms with Crippen molar-refractivity contribution < 1.29 is 14.3 Å². The van der Waals surface area contributed by atoms with Gasteiger partial charge in [-0.1, -0.05) is 0 Å². The fraction of sp³-hybridized carbons (Fsp3) is 0.357. The van der Waals surface area contributed by atoms with Crippen molar-refractivity contribution in [3.8, 4) is 5.75 Å². The molecule has 2 aromatic rings. The Morgan fingerprint density at radius 2 is 2.10 bits per heavy atom. The maximum atomic E-state index is 11.6. The molecule has 0 spiro atoms. The molecule has 0 atom stereocenters. The van der Waals surface area contributed by atoms with Gasteiger partial charge in [-0.25, -0.2) is 9.67 Å². The number of aryl methyl sites for hydroxylation is 1. The van der Waals surface area contributed by atoms with Crippen LogP contribution < -0.4 is 10.5 Å². The number of nitrogen functional groups attached to an aromatic ring is 1. The van der Waals surface area contributed by atoms with E-state index in [-0.39, 0.29) is 25.6 Å². The van der Waals surface area contributed by atoms with Crippen LogP contribution in [-0.2, 0) is 22.7 Å². The van der Waals surface area contributed by atoms with Gasteiger partial charge >= 0.3 is 5.97 Å². The molecular weight excluding hydrogens is 272 g/mol. The number of rotatable bonds is 7. The zero-order chi connectivity index (χ0) is 15.1. The second kappa shape index (κ2) is 7.28. The molecule has 1 heterocycles. The number of ether oxygens (including phenoxy) is 2. The Bertz CT molecular complexity index is 580. The zero-order valence-corrected chi connectivity index (χ0v) is 11.9. The number of hydrogen-bond donors (Lipinski definition) is 1. The summed E-state index contributed by atoms with van der Waals surface area (Å²) in [6.45, 7) is 3.01. The van der Waals surface area contributed by atoms with E-state index in [0.717, 1.165) is 0 Å². The van der Waals surface area contributed by atoms with Crippen molar-refractivity contribution in [3.63, 3.8) is 0 Å². The van der Waals surface area contributed by atoms with Gasteiger partial charge in [-0.2, -0.15) is 5.10 Å². The third-order valence-corrected chi connectivity index (χ3v) is 2.81. The number of aromatic nitrogens is 3. The molecule has 2 rings (SSSR count). The van der Waals surface area contributed by atoms with E-state index < -0.39 is 0 Å². The van der Waals surface area contributed by atoms with Crippen molar-refractivity contribution in [3.05, 3.63) is 36.4 Å². The third-order valence-electron chi connectivity index (χ3n) is 2.81. The Balaban J connectivity index is 1.69. The zero-order valence-electron chi connectivity index (χ0n) is 11.9. The number of carbonyl (C=O) groups excluding carboxylic acids is 1. The molecule has 2 N–H and O–H groups in total. The largest absolute Gasteiger partial charge is 0.493 e. The first-order chi connectivity index (χ1) is 10.2. The van der Waals surface area contributed by atoms with E-state index >= 15 is 0 Å². The summed E-state index contributed by atoms with van der Waals surface area (Å²) in [7, 11) is 0. The molecule has 0 saturated heterocycles. The van der Waals surface area contributed by atoms with Crippen LogP contribution in [0.1, 0.15) is 19.2 Å². The summed E-state index contributed by atoms with van der Waals surface area (Å²) in [4.78, 5) is 15.6. The number of benzene rings is 1. The van der Waals surface area contributed by atoms with Gasteiger partial charge in [0.25, 0.3) is 0 Å². The van der Waals surface area contributed by atoms with Crippen LogP contribution in [0.4, 0.5) is 5.69 Å². The summed E-state index contributed by atoms with van der Waals surface area (Å²) in [5.41, 5.74) is 6.24. The maximum Gasteiger partial charge on any atom is 0.309 e. The Kier molecular flexibility index (Phi) is 5.14. The van der Waals surface area contributed by atoms with Gasteiger partial charge in [-0.15, -0.1) is 0 Å². The number of anilines is 1. The molecule has 21 heavy (non-hydrogen) atoms. The van der Waals surface area contributed by atoms with Gasteiger partial charge < -0.3 is 15.2 Å². The minimum atomic E-state index is -0.337. The highest BCUT2D eigenvalue weighted by molar-refractivity contribution is 5.69. The van der Waals surface area contributed by atoms with E-state index in [0.29, 0.717) is 23.8 Å². The Hall–Kier alpha value is -2.57. The highest BCUT2D eigenvalue weighted by Crippen LogP contribution is 2.13. The van der Waals surface area contributed by atoms with E-state index in [1.165, 1.54) is 6.33 Å². The predicted molar refractivity (Wildman–Crippen MR) is 76.5 cm³/mol. The molecule has 112 valence electrons. The lowest BCUT2D eigenvalue weighted by molar-refractivity contribution is -0.145. The highest BCUT2D eigenvalue weighted by atomic mass is 16.5. The summed E-state index contributed by atoms with van der Waals surface area (Å²) < 4.78 is 12.2. The van der Waals surface area contributed by atoms with Crippen LogP contribution in [0.5, 0.6) is 5.75 Å². The molecule has 1 aromatic heterocycles. The molecule has 0 bridgehead atoms. The summed E-state index contributed by atoms with van der Waals surface area (Å²) >= 11 is 0. The van der Waals surface area contributed by atoms with Gasteiger partial charge in [-0.3, -0.25) is 4.79 Å². The summed E-state index contributed by atoms with van der Waals surface area (Å²) in [5.74, 6) is 0.962. The second-order valence-electron chi connectivity index (χ2n) is 4.32. The van der Waals surface area contributed by atoms with E-state index in [2.05, 4.69) is 10.1 Å². The van der Waals surface area contributed by atoms with Gasteiger partial charge in [0.15, 0.2) is 12.4 Å². The Morgan fingerprint density at radius 1 is 1.33 bits per heavy atom. The van der Waals surface area contributed by atoms with Crippen molar-refractivity contribution in [2.24, 2.45) is 0 Å². The number of nitrogens with two attached hydrogens (primary N) is 1. The van der Waals surface area contributed by atoms with Gasteiger partial charge in [0, 0.05) is 12.2 Å². The SMILES string of the molecule is CCn1ncnc1COC(=O)CCOc1ccc(N)cc1. The number of carbonyl (C=O) groups is 1. The van der Waals surface area contributed by atoms with Crippen LogP contribution in [0.2, 0.25) is 0 Å². The molecule has 0 radical (unpaired) electrons. The molecule has 0 aliphatic carbocycles. The molecule has 7 heteroatoms. The molecule has 0 unspecified atom stereocenters. The highest BCUT2D eigenvalue weighted by Gasteiger charge is 2.08. The van der Waals surface area contributed by atoms with E-state index in [1.807, 2.05) is 6.92 Å². The lowest BCUT2D eigenvalue weighted by Gasteiger charge is -2.07. The molecule has 7 nitrogen and oxygen atoms in total. The van der Waals surface area contributed by atoms with Crippen LogP contribution in [0.3, 0.4) is 0 Å². The molecule has 0 aliphatic rings. The first-order valence-electron chi connectivity index (χ1n) is 6.69. The van der Waals surface area contributed by atoms with Gasteiger partial charge in [0.2, 0.25) is 0 Å². The molecule has 1 aromatic carbocycles. The lowest BCUT2D eigenvalue weighted by Crippen LogP contribution is -2.12. The molecule has 0 amide bonds.